The first-order valence-electron chi connectivity index (χ1n) is 5.82. The minimum atomic E-state index is 0.158. The molecule has 0 spiro atoms. The number of nitrogens with zero attached hydrogens (tertiary/aromatic N) is 2. The number of pyridine rings is 1. The smallest absolute Gasteiger partial charge is 0.0558 e. The first-order valence-corrected chi connectivity index (χ1v) is 5.82. The Kier molecular flexibility index (Phi) is 6.47. The van der Waals surface area contributed by atoms with Crippen molar-refractivity contribution in [3.05, 3.63) is 42.2 Å². The van der Waals surface area contributed by atoms with Gasteiger partial charge in [0.1, 0.15) is 0 Å². The van der Waals surface area contributed by atoms with Crippen molar-refractivity contribution in [3.8, 4) is 0 Å². The number of hydrogen-bond acceptors (Lipinski definition) is 4. The molecule has 1 aromatic heterocycles. The number of aromatic nitrogens is 1. The normalized spacial score (nSPS) is 10.8. The minimum absolute atomic E-state index is 0.158. The summed E-state index contributed by atoms with van der Waals surface area (Å²) in [5, 5.41) is 12.0. The maximum Gasteiger partial charge on any atom is 0.0558 e. The van der Waals surface area contributed by atoms with Crippen LogP contribution in [0.4, 0.5) is 0 Å². The van der Waals surface area contributed by atoms with Gasteiger partial charge in [-0.2, -0.15) is 0 Å². The topological polar surface area (TPSA) is 48.4 Å². The molecule has 1 heterocycles. The monoisotopic (exact) mass is 235 g/mol. The highest BCUT2D eigenvalue weighted by Crippen LogP contribution is 2.04. The van der Waals surface area contributed by atoms with Gasteiger partial charge in [-0.05, 0) is 18.7 Å². The quantitative estimate of drug-likeness (QED) is 0.654. The Morgan fingerprint density at radius 1 is 1.53 bits per heavy atom. The number of nitrogens with one attached hydrogen (secondary N) is 1. The molecule has 0 bridgehead atoms. The lowest BCUT2D eigenvalue weighted by atomic mass is 10.2. The van der Waals surface area contributed by atoms with Gasteiger partial charge in [0.05, 0.1) is 12.3 Å². The van der Waals surface area contributed by atoms with Crippen molar-refractivity contribution in [2.45, 2.75) is 13.1 Å². The van der Waals surface area contributed by atoms with Crippen LogP contribution in [0.1, 0.15) is 11.3 Å². The van der Waals surface area contributed by atoms with Crippen LogP contribution in [0.5, 0.6) is 0 Å². The molecule has 0 aliphatic carbocycles. The standard InChI is InChI=1S/C13H21N3O/c1-3-6-16(7-8-17)11-13-5-4-12(9-14-2)10-15-13/h3-5,10,14,17H,1,6-9,11H2,2H3. The van der Waals surface area contributed by atoms with Crippen LogP contribution < -0.4 is 5.32 Å². The summed E-state index contributed by atoms with van der Waals surface area (Å²) in [5.41, 5.74) is 2.19. The summed E-state index contributed by atoms with van der Waals surface area (Å²) in [7, 11) is 1.92. The number of rotatable bonds is 8. The zero-order valence-electron chi connectivity index (χ0n) is 10.4. The summed E-state index contributed by atoms with van der Waals surface area (Å²) in [5.74, 6) is 0. The van der Waals surface area contributed by atoms with E-state index in [1.54, 1.807) is 0 Å². The highest BCUT2D eigenvalue weighted by Gasteiger charge is 2.04. The van der Waals surface area contributed by atoms with E-state index in [2.05, 4.69) is 27.8 Å². The van der Waals surface area contributed by atoms with Gasteiger partial charge in [0, 0.05) is 32.4 Å². The second-order valence-corrected chi connectivity index (χ2v) is 3.94. The lowest BCUT2D eigenvalue weighted by Gasteiger charge is -2.18. The van der Waals surface area contributed by atoms with E-state index >= 15 is 0 Å². The predicted molar refractivity (Wildman–Crippen MR) is 69.6 cm³/mol. The van der Waals surface area contributed by atoms with Gasteiger partial charge in [-0.25, -0.2) is 0 Å². The fraction of sp³-hybridized carbons (Fsp3) is 0.462. The van der Waals surface area contributed by atoms with Crippen LogP contribution in [-0.2, 0) is 13.1 Å². The molecule has 0 aliphatic heterocycles. The average Bonchev–Trinajstić information content (AvgIpc) is 2.33. The minimum Gasteiger partial charge on any atom is -0.395 e. The van der Waals surface area contributed by atoms with Crippen molar-refractivity contribution in [2.24, 2.45) is 0 Å². The van der Waals surface area contributed by atoms with Crippen molar-refractivity contribution < 1.29 is 5.11 Å². The van der Waals surface area contributed by atoms with Crippen molar-refractivity contribution in [2.75, 3.05) is 26.7 Å². The van der Waals surface area contributed by atoms with Crippen molar-refractivity contribution in [3.63, 3.8) is 0 Å². The molecule has 0 aliphatic rings. The summed E-state index contributed by atoms with van der Waals surface area (Å²) >= 11 is 0. The Hall–Kier alpha value is -1.23. The molecule has 4 heteroatoms. The van der Waals surface area contributed by atoms with Gasteiger partial charge in [-0.1, -0.05) is 12.1 Å². The van der Waals surface area contributed by atoms with Gasteiger partial charge in [0.25, 0.3) is 0 Å². The Labute approximate surface area is 103 Å². The molecule has 94 valence electrons. The van der Waals surface area contributed by atoms with Gasteiger partial charge in [-0.15, -0.1) is 6.58 Å². The highest BCUT2D eigenvalue weighted by atomic mass is 16.3. The molecule has 0 aromatic carbocycles. The molecule has 2 N–H and O–H groups in total. The lowest BCUT2D eigenvalue weighted by Crippen LogP contribution is -2.27. The first-order chi connectivity index (χ1) is 8.30. The third-order valence-electron chi connectivity index (χ3n) is 2.46. The Balaban J connectivity index is 2.56. The van der Waals surface area contributed by atoms with Crippen LogP contribution >= 0.6 is 0 Å². The van der Waals surface area contributed by atoms with Crippen molar-refractivity contribution in [1.82, 2.24) is 15.2 Å². The number of hydrogen-bond donors (Lipinski definition) is 2. The summed E-state index contributed by atoms with van der Waals surface area (Å²) < 4.78 is 0. The summed E-state index contributed by atoms with van der Waals surface area (Å²) in [4.78, 5) is 6.51. The van der Waals surface area contributed by atoms with Crippen molar-refractivity contribution in [1.29, 1.82) is 0 Å². The van der Waals surface area contributed by atoms with Crippen LogP contribution in [0.15, 0.2) is 31.0 Å². The maximum atomic E-state index is 8.95. The van der Waals surface area contributed by atoms with E-state index in [0.717, 1.165) is 25.3 Å². The molecule has 0 saturated carbocycles. The lowest BCUT2D eigenvalue weighted by molar-refractivity contribution is 0.202. The summed E-state index contributed by atoms with van der Waals surface area (Å²) in [6.07, 6.45) is 3.72. The van der Waals surface area contributed by atoms with E-state index in [-0.39, 0.29) is 6.61 Å². The van der Waals surface area contributed by atoms with E-state index < -0.39 is 0 Å². The van der Waals surface area contributed by atoms with Crippen LogP contribution in [0.2, 0.25) is 0 Å². The zero-order chi connectivity index (χ0) is 12.5. The van der Waals surface area contributed by atoms with E-state index in [0.29, 0.717) is 6.54 Å². The molecule has 0 saturated heterocycles. The van der Waals surface area contributed by atoms with Crippen LogP contribution in [-0.4, -0.2) is 41.7 Å². The SMILES string of the molecule is C=CCN(CCO)Cc1ccc(CNC)cn1. The molecular weight excluding hydrogens is 214 g/mol. The van der Waals surface area contributed by atoms with E-state index in [1.165, 1.54) is 5.56 Å². The summed E-state index contributed by atoms with van der Waals surface area (Å²) in [6.45, 7) is 6.85. The maximum absolute atomic E-state index is 8.95. The van der Waals surface area contributed by atoms with Crippen LogP contribution in [0.3, 0.4) is 0 Å². The third kappa shape index (κ3) is 5.08. The number of aliphatic hydroxyl groups excluding tert-OH is 1. The predicted octanol–water partition coefficient (Wildman–Crippen LogP) is 0.781. The third-order valence-corrected chi connectivity index (χ3v) is 2.46. The van der Waals surface area contributed by atoms with E-state index in [1.807, 2.05) is 25.4 Å². The molecule has 4 nitrogen and oxygen atoms in total. The fourth-order valence-corrected chi connectivity index (χ4v) is 1.65. The van der Waals surface area contributed by atoms with Gasteiger partial charge in [0.2, 0.25) is 0 Å². The molecule has 1 rings (SSSR count). The van der Waals surface area contributed by atoms with Gasteiger partial charge in [-0.3, -0.25) is 9.88 Å². The second-order valence-electron chi connectivity index (χ2n) is 3.94. The van der Waals surface area contributed by atoms with E-state index in [9.17, 15) is 0 Å². The Bertz CT molecular complexity index is 324. The average molecular weight is 235 g/mol. The summed E-state index contributed by atoms with van der Waals surface area (Å²) in [6, 6.07) is 4.10. The molecule has 0 fully saturated rings. The molecule has 0 radical (unpaired) electrons. The Morgan fingerprint density at radius 2 is 2.35 bits per heavy atom. The van der Waals surface area contributed by atoms with Gasteiger partial charge >= 0.3 is 0 Å². The zero-order valence-corrected chi connectivity index (χ0v) is 10.4. The second kappa shape index (κ2) is 7.95. The first kappa shape index (κ1) is 13.8. The molecule has 0 unspecified atom stereocenters. The highest BCUT2D eigenvalue weighted by molar-refractivity contribution is 5.13. The largest absolute Gasteiger partial charge is 0.395 e. The van der Waals surface area contributed by atoms with Crippen molar-refractivity contribution >= 4 is 0 Å². The van der Waals surface area contributed by atoms with Crippen LogP contribution in [0.25, 0.3) is 0 Å². The van der Waals surface area contributed by atoms with E-state index in [4.69, 9.17) is 5.11 Å². The number of aliphatic hydroxyl groups is 1. The molecular formula is C13H21N3O. The molecule has 0 amide bonds. The van der Waals surface area contributed by atoms with Gasteiger partial charge in [0.15, 0.2) is 0 Å². The van der Waals surface area contributed by atoms with Gasteiger partial charge < -0.3 is 10.4 Å². The fourth-order valence-electron chi connectivity index (χ4n) is 1.65. The molecule has 0 atom stereocenters. The van der Waals surface area contributed by atoms with Crippen LogP contribution in [0, 0.1) is 0 Å². The molecule has 1 aromatic rings. The Morgan fingerprint density at radius 3 is 2.88 bits per heavy atom. The molecule has 17 heavy (non-hydrogen) atoms.